The van der Waals surface area contributed by atoms with Gasteiger partial charge in [-0.15, -0.1) is 0 Å². The smallest absolute Gasteiger partial charge is 0.306 e. The second-order valence-corrected chi connectivity index (χ2v) is 9.38. The van der Waals surface area contributed by atoms with E-state index in [1.807, 2.05) is 19.9 Å². The largest absolute Gasteiger partial charge is 0.481 e. The number of nitrogens with one attached hydrogen (secondary N) is 1. The highest BCUT2D eigenvalue weighted by Gasteiger charge is 2.32. The van der Waals surface area contributed by atoms with E-state index in [4.69, 9.17) is 10.5 Å². The lowest BCUT2D eigenvalue weighted by molar-refractivity contribution is -0.144. The summed E-state index contributed by atoms with van der Waals surface area (Å²) in [5, 5.41) is 20.2. The van der Waals surface area contributed by atoms with E-state index in [1.54, 1.807) is 19.4 Å². The van der Waals surface area contributed by atoms with Gasteiger partial charge in [0, 0.05) is 32.0 Å². The predicted octanol–water partition coefficient (Wildman–Crippen LogP) is 3.37. The van der Waals surface area contributed by atoms with Crippen LogP contribution in [-0.2, 0) is 9.53 Å². The zero-order valence-corrected chi connectivity index (χ0v) is 19.7. The number of aromatic amines is 1. The fourth-order valence-corrected chi connectivity index (χ4v) is 4.40. The molecule has 178 valence electrons. The van der Waals surface area contributed by atoms with E-state index in [0.29, 0.717) is 13.0 Å². The Hall–Kier alpha value is -1.70. The molecule has 1 aromatic heterocycles. The lowest BCUT2D eigenvalue weighted by Gasteiger charge is -2.34. The average molecular weight is 439 g/mol. The van der Waals surface area contributed by atoms with Gasteiger partial charge < -0.3 is 25.7 Å². The predicted molar refractivity (Wildman–Crippen MR) is 123 cm³/mol. The van der Waals surface area contributed by atoms with Crippen LogP contribution in [0, 0.1) is 23.7 Å². The Morgan fingerprint density at radius 3 is 2.35 bits per heavy atom. The highest BCUT2D eigenvalue weighted by Crippen LogP contribution is 2.37. The first-order valence-corrected chi connectivity index (χ1v) is 11.4. The molecule has 0 aromatic carbocycles. The van der Waals surface area contributed by atoms with E-state index < -0.39 is 24.0 Å². The minimum Gasteiger partial charge on any atom is -0.481 e. The Kier molecular flexibility index (Phi) is 12.0. The van der Waals surface area contributed by atoms with Crippen LogP contribution >= 0.6 is 0 Å². The van der Waals surface area contributed by atoms with Crippen molar-refractivity contribution in [3.05, 3.63) is 34.2 Å². The molecule has 0 fully saturated rings. The van der Waals surface area contributed by atoms with Gasteiger partial charge >= 0.3 is 5.97 Å². The van der Waals surface area contributed by atoms with E-state index in [1.165, 1.54) is 0 Å². The van der Waals surface area contributed by atoms with Crippen LogP contribution in [0.3, 0.4) is 0 Å². The number of rotatable bonds is 15. The van der Waals surface area contributed by atoms with Crippen molar-refractivity contribution in [2.24, 2.45) is 29.4 Å². The third kappa shape index (κ3) is 9.13. The number of hydrogen-bond donors (Lipinski definition) is 4. The van der Waals surface area contributed by atoms with E-state index in [2.05, 4.69) is 18.8 Å². The summed E-state index contributed by atoms with van der Waals surface area (Å²) in [5.41, 5.74) is 7.24. The maximum atomic E-state index is 11.9. The average Bonchev–Trinajstić information content (AvgIpc) is 2.69. The number of carboxylic acid groups (broad SMARTS) is 1. The molecular formula is C24H42N2O5. The summed E-state index contributed by atoms with van der Waals surface area (Å²) in [6.07, 6.45) is 4.27. The van der Waals surface area contributed by atoms with Crippen LogP contribution in [0.1, 0.15) is 71.3 Å². The molecule has 5 unspecified atom stereocenters. The number of aromatic nitrogens is 1. The first kappa shape index (κ1) is 27.3. The van der Waals surface area contributed by atoms with Crippen molar-refractivity contribution >= 4 is 5.97 Å². The number of aliphatic carboxylic acids is 1. The van der Waals surface area contributed by atoms with Gasteiger partial charge in [-0.3, -0.25) is 9.59 Å². The fourth-order valence-electron chi connectivity index (χ4n) is 4.40. The Bertz CT molecular complexity index is 703. The molecule has 5 N–H and O–H groups in total. The number of aliphatic hydroxyl groups excluding tert-OH is 1. The van der Waals surface area contributed by atoms with Crippen LogP contribution in [0.4, 0.5) is 0 Å². The summed E-state index contributed by atoms with van der Waals surface area (Å²) in [5.74, 6) is -1.05. The molecule has 0 aliphatic rings. The lowest BCUT2D eigenvalue weighted by Crippen LogP contribution is -2.41. The molecule has 5 atom stereocenters. The van der Waals surface area contributed by atoms with Crippen molar-refractivity contribution in [1.29, 1.82) is 0 Å². The SMILES string of the molecule is COCCCCC(c1cc[nH]c(=O)c1)C(CC(N)C(O)CC(C(=O)O)C(C)C)C(C)C. The topological polar surface area (TPSA) is 126 Å². The molecular weight excluding hydrogens is 396 g/mol. The molecule has 0 saturated carbocycles. The highest BCUT2D eigenvalue weighted by atomic mass is 16.5. The molecule has 1 aromatic rings. The van der Waals surface area contributed by atoms with Gasteiger partial charge in [-0.1, -0.05) is 34.1 Å². The van der Waals surface area contributed by atoms with Crippen LogP contribution in [0.5, 0.6) is 0 Å². The minimum atomic E-state index is -0.902. The van der Waals surface area contributed by atoms with Gasteiger partial charge in [0.2, 0.25) is 5.56 Å². The summed E-state index contributed by atoms with van der Waals surface area (Å²) in [4.78, 5) is 26.2. The van der Waals surface area contributed by atoms with Gasteiger partial charge in [0.15, 0.2) is 0 Å². The second-order valence-electron chi connectivity index (χ2n) is 9.38. The van der Waals surface area contributed by atoms with Crippen molar-refractivity contribution < 1.29 is 19.7 Å². The third-order valence-electron chi connectivity index (χ3n) is 6.37. The minimum absolute atomic E-state index is 0.0789. The molecule has 0 aliphatic carbocycles. The van der Waals surface area contributed by atoms with Crippen molar-refractivity contribution in [3.8, 4) is 0 Å². The lowest BCUT2D eigenvalue weighted by atomic mass is 9.73. The van der Waals surface area contributed by atoms with Gasteiger partial charge in [0.05, 0.1) is 12.0 Å². The maximum Gasteiger partial charge on any atom is 0.306 e. The van der Waals surface area contributed by atoms with Crippen molar-refractivity contribution in [3.63, 3.8) is 0 Å². The molecule has 31 heavy (non-hydrogen) atoms. The summed E-state index contributed by atoms with van der Waals surface area (Å²) in [7, 11) is 1.69. The number of aliphatic hydroxyl groups is 1. The standard InChI is InChI=1S/C24H42N2O5/c1-15(2)19(13-21(25)22(27)14-20(16(3)4)24(29)30)18(8-6-7-11-31-5)17-9-10-26-23(28)12-17/h9-10,12,15-16,18-22,27H,6-8,11,13-14,25H2,1-5H3,(H,26,28)(H,29,30). The van der Waals surface area contributed by atoms with E-state index in [9.17, 15) is 19.8 Å². The molecule has 7 heteroatoms. The van der Waals surface area contributed by atoms with E-state index in [-0.39, 0.29) is 35.7 Å². The number of hydrogen-bond acceptors (Lipinski definition) is 5. The van der Waals surface area contributed by atoms with Crippen molar-refractivity contribution in [1.82, 2.24) is 4.98 Å². The van der Waals surface area contributed by atoms with Crippen LogP contribution in [0.2, 0.25) is 0 Å². The molecule has 7 nitrogen and oxygen atoms in total. The number of methoxy groups -OCH3 is 1. The van der Waals surface area contributed by atoms with E-state index >= 15 is 0 Å². The van der Waals surface area contributed by atoms with Crippen LogP contribution < -0.4 is 11.3 Å². The van der Waals surface area contributed by atoms with Crippen LogP contribution in [0.25, 0.3) is 0 Å². The Morgan fingerprint density at radius 1 is 1.16 bits per heavy atom. The Morgan fingerprint density at radius 2 is 1.84 bits per heavy atom. The normalized spacial score (nSPS) is 16.8. The number of ether oxygens (including phenoxy) is 1. The van der Waals surface area contributed by atoms with E-state index in [0.717, 1.165) is 24.8 Å². The monoisotopic (exact) mass is 438 g/mol. The van der Waals surface area contributed by atoms with Crippen molar-refractivity contribution in [2.45, 2.75) is 77.9 Å². The third-order valence-corrected chi connectivity index (χ3v) is 6.37. The number of H-pyrrole nitrogens is 1. The molecule has 0 spiro atoms. The van der Waals surface area contributed by atoms with Crippen LogP contribution in [-0.4, -0.2) is 47.0 Å². The molecule has 1 heterocycles. The van der Waals surface area contributed by atoms with Gasteiger partial charge in [-0.05, 0) is 61.0 Å². The molecule has 1 rings (SSSR count). The fraction of sp³-hybridized carbons (Fsp3) is 0.750. The summed E-state index contributed by atoms with van der Waals surface area (Å²) >= 11 is 0. The quantitative estimate of drug-likeness (QED) is 0.311. The maximum absolute atomic E-state index is 11.9. The second kappa shape index (κ2) is 13.7. The Balaban J connectivity index is 3.03. The van der Waals surface area contributed by atoms with Crippen molar-refractivity contribution in [2.75, 3.05) is 13.7 Å². The highest BCUT2D eigenvalue weighted by molar-refractivity contribution is 5.70. The van der Waals surface area contributed by atoms with Gasteiger partial charge in [0.25, 0.3) is 0 Å². The first-order valence-electron chi connectivity index (χ1n) is 11.4. The van der Waals surface area contributed by atoms with Crippen LogP contribution in [0.15, 0.2) is 23.1 Å². The molecule has 0 amide bonds. The zero-order chi connectivity index (χ0) is 23.6. The molecule has 0 saturated heterocycles. The number of carbonyl (C=O) groups is 1. The summed E-state index contributed by atoms with van der Waals surface area (Å²) in [6.45, 7) is 8.65. The number of nitrogens with two attached hydrogens (primary N) is 1. The van der Waals surface area contributed by atoms with Gasteiger partial charge in [-0.2, -0.15) is 0 Å². The molecule has 0 aliphatic heterocycles. The zero-order valence-electron chi connectivity index (χ0n) is 19.7. The number of pyridine rings is 1. The number of carboxylic acids is 1. The van der Waals surface area contributed by atoms with Gasteiger partial charge in [0.1, 0.15) is 0 Å². The first-order chi connectivity index (χ1) is 14.6. The Labute approximate surface area is 186 Å². The molecule has 0 radical (unpaired) electrons. The summed E-state index contributed by atoms with van der Waals surface area (Å²) in [6, 6.07) is 3.06. The summed E-state index contributed by atoms with van der Waals surface area (Å²) < 4.78 is 5.17. The molecule has 0 bridgehead atoms. The van der Waals surface area contributed by atoms with Gasteiger partial charge in [-0.25, -0.2) is 0 Å². The number of unbranched alkanes of at least 4 members (excludes halogenated alkanes) is 1.